The average Bonchev–Trinajstić information content (AvgIpc) is 2.55. The summed E-state index contributed by atoms with van der Waals surface area (Å²) < 4.78 is 11.2. The molecule has 1 heterocycles. The molecule has 1 aliphatic rings. The van der Waals surface area contributed by atoms with Crippen LogP contribution in [0.25, 0.3) is 0 Å². The summed E-state index contributed by atoms with van der Waals surface area (Å²) in [4.78, 5) is 11.1. The molecule has 0 saturated carbocycles. The number of nitrogens with one attached hydrogen (secondary N) is 1. The fourth-order valence-corrected chi connectivity index (χ4v) is 2.23. The van der Waals surface area contributed by atoms with Gasteiger partial charge in [-0.3, -0.25) is 4.79 Å². The topological polar surface area (TPSA) is 47.6 Å². The highest BCUT2D eigenvalue weighted by Crippen LogP contribution is 2.22. The Balaban J connectivity index is 1.58. The number of morpholine rings is 1. The lowest BCUT2D eigenvalue weighted by Gasteiger charge is -2.23. The van der Waals surface area contributed by atoms with Gasteiger partial charge in [-0.1, -0.05) is 42.5 Å². The highest BCUT2D eigenvalue weighted by atomic mass is 16.5. The number of ether oxygens (including phenoxy) is 2. The van der Waals surface area contributed by atoms with Crippen LogP contribution in [-0.4, -0.2) is 19.1 Å². The highest BCUT2D eigenvalue weighted by molar-refractivity contribution is 5.77. The van der Waals surface area contributed by atoms with Crippen molar-refractivity contribution in [2.24, 2.45) is 0 Å². The lowest BCUT2D eigenvalue weighted by molar-refractivity contribution is -0.133. The third-order valence-corrected chi connectivity index (χ3v) is 3.40. The number of hydrogen-bond donors (Lipinski definition) is 1. The number of rotatable bonds is 4. The maximum absolute atomic E-state index is 11.1. The van der Waals surface area contributed by atoms with E-state index in [1.54, 1.807) is 0 Å². The molecule has 4 nitrogen and oxygen atoms in total. The second-order valence-corrected chi connectivity index (χ2v) is 4.95. The van der Waals surface area contributed by atoms with Crippen LogP contribution < -0.4 is 10.1 Å². The SMILES string of the molecule is O=C1CO[C@H](c2ccc(OCc3ccccc3)cc2)CN1. The van der Waals surface area contributed by atoms with Crippen molar-refractivity contribution in [3.8, 4) is 5.75 Å². The molecule has 0 bridgehead atoms. The van der Waals surface area contributed by atoms with Crippen LogP contribution in [0.5, 0.6) is 5.75 Å². The van der Waals surface area contributed by atoms with Gasteiger partial charge < -0.3 is 14.8 Å². The lowest BCUT2D eigenvalue weighted by atomic mass is 10.1. The number of carbonyl (C=O) groups excluding carboxylic acids is 1. The fraction of sp³-hybridized carbons (Fsp3) is 0.235. The van der Waals surface area contributed by atoms with Gasteiger partial charge in [-0.15, -0.1) is 0 Å². The Morgan fingerprint density at radius 1 is 1.10 bits per heavy atom. The van der Waals surface area contributed by atoms with Crippen LogP contribution in [0.15, 0.2) is 54.6 Å². The molecule has 108 valence electrons. The largest absolute Gasteiger partial charge is 0.489 e. The van der Waals surface area contributed by atoms with Crippen molar-refractivity contribution in [2.75, 3.05) is 13.2 Å². The molecular formula is C17H17NO3. The number of carbonyl (C=O) groups is 1. The Hall–Kier alpha value is -2.33. The van der Waals surface area contributed by atoms with Crippen molar-refractivity contribution in [2.45, 2.75) is 12.7 Å². The molecule has 1 fully saturated rings. The van der Waals surface area contributed by atoms with E-state index in [9.17, 15) is 4.79 Å². The maximum Gasteiger partial charge on any atom is 0.246 e. The molecular weight excluding hydrogens is 266 g/mol. The van der Waals surface area contributed by atoms with Crippen molar-refractivity contribution in [1.82, 2.24) is 5.32 Å². The molecule has 1 saturated heterocycles. The molecule has 21 heavy (non-hydrogen) atoms. The van der Waals surface area contributed by atoms with Gasteiger partial charge in [0, 0.05) is 6.54 Å². The van der Waals surface area contributed by atoms with Crippen LogP contribution in [0.4, 0.5) is 0 Å². The highest BCUT2D eigenvalue weighted by Gasteiger charge is 2.19. The molecule has 0 unspecified atom stereocenters. The first-order valence-corrected chi connectivity index (χ1v) is 6.96. The van der Waals surface area contributed by atoms with Crippen LogP contribution in [0.2, 0.25) is 0 Å². The van der Waals surface area contributed by atoms with Crippen molar-refractivity contribution >= 4 is 5.91 Å². The predicted molar refractivity (Wildman–Crippen MR) is 78.9 cm³/mol. The summed E-state index contributed by atoms with van der Waals surface area (Å²) in [5.41, 5.74) is 2.18. The lowest BCUT2D eigenvalue weighted by Crippen LogP contribution is -2.38. The summed E-state index contributed by atoms with van der Waals surface area (Å²) in [6, 6.07) is 17.9. The zero-order valence-corrected chi connectivity index (χ0v) is 11.6. The van der Waals surface area contributed by atoms with Crippen molar-refractivity contribution < 1.29 is 14.3 Å². The van der Waals surface area contributed by atoms with Gasteiger partial charge in [0.15, 0.2) is 0 Å². The Bertz CT molecular complexity index is 585. The average molecular weight is 283 g/mol. The minimum atomic E-state index is -0.0779. The maximum atomic E-state index is 11.1. The van der Waals surface area contributed by atoms with Crippen LogP contribution >= 0.6 is 0 Å². The van der Waals surface area contributed by atoms with E-state index in [-0.39, 0.29) is 18.6 Å². The molecule has 0 radical (unpaired) electrons. The fourth-order valence-electron chi connectivity index (χ4n) is 2.23. The van der Waals surface area contributed by atoms with E-state index in [0.717, 1.165) is 16.9 Å². The zero-order chi connectivity index (χ0) is 14.5. The second-order valence-electron chi connectivity index (χ2n) is 4.95. The summed E-state index contributed by atoms with van der Waals surface area (Å²) in [6.45, 7) is 1.19. The van der Waals surface area contributed by atoms with Crippen molar-refractivity contribution in [3.63, 3.8) is 0 Å². The minimum Gasteiger partial charge on any atom is -0.489 e. The molecule has 2 aromatic rings. The van der Waals surface area contributed by atoms with Crippen molar-refractivity contribution in [3.05, 3.63) is 65.7 Å². The molecule has 2 aromatic carbocycles. The van der Waals surface area contributed by atoms with Crippen molar-refractivity contribution in [1.29, 1.82) is 0 Å². The molecule has 3 rings (SSSR count). The molecule has 1 amide bonds. The Labute approximate surface area is 123 Å². The van der Waals surface area contributed by atoms with E-state index >= 15 is 0 Å². The van der Waals surface area contributed by atoms with Gasteiger partial charge >= 0.3 is 0 Å². The van der Waals surface area contributed by atoms with Gasteiger partial charge in [0.1, 0.15) is 25.1 Å². The number of benzene rings is 2. The van der Waals surface area contributed by atoms with E-state index in [0.29, 0.717) is 13.2 Å². The molecule has 0 aromatic heterocycles. The Morgan fingerprint density at radius 2 is 1.86 bits per heavy atom. The molecule has 4 heteroatoms. The number of amides is 1. The van der Waals surface area contributed by atoms with Gasteiger partial charge in [-0.2, -0.15) is 0 Å². The molecule has 1 N–H and O–H groups in total. The van der Waals surface area contributed by atoms with E-state index in [1.165, 1.54) is 0 Å². The Morgan fingerprint density at radius 3 is 2.52 bits per heavy atom. The predicted octanol–water partition coefficient (Wildman–Crippen LogP) is 2.45. The molecule has 0 spiro atoms. The van der Waals surface area contributed by atoms with Crippen LogP contribution in [-0.2, 0) is 16.1 Å². The smallest absolute Gasteiger partial charge is 0.246 e. The minimum absolute atomic E-state index is 0.0611. The first-order valence-electron chi connectivity index (χ1n) is 6.96. The van der Waals surface area contributed by atoms with Gasteiger partial charge in [0.05, 0.1) is 0 Å². The van der Waals surface area contributed by atoms with Gasteiger partial charge in [0.25, 0.3) is 0 Å². The van der Waals surface area contributed by atoms with Crippen LogP contribution in [0.1, 0.15) is 17.2 Å². The van der Waals surface area contributed by atoms with E-state index < -0.39 is 0 Å². The summed E-state index contributed by atoms with van der Waals surface area (Å²) in [7, 11) is 0. The second kappa shape index (κ2) is 6.41. The van der Waals surface area contributed by atoms with Gasteiger partial charge in [0.2, 0.25) is 5.91 Å². The van der Waals surface area contributed by atoms with Gasteiger partial charge in [-0.25, -0.2) is 0 Å². The number of hydrogen-bond acceptors (Lipinski definition) is 3. The van der Waals surface area contributed by atoms with E-state index in [1.807, 2.05) is 54.6 Å². The molecule has 0 aliphatic carbocycles. The zero-order valence-electron chi connectivity index (χ0n) is 11.6. The van der Waals surface area contributed by atoms with Gasteiger partial charge in [-0.05, 0) is 23.3 Å². The Kier molecular flexibility index (Phi) is 4.17. The molecule has 1 aliphatic heterocycles. The summed E-state index contributed by atoms with van der Waals surface area (Å²) >= 11 is 0. The van der Waals surface area contributed by atoms with E-state index in [2.05, 4.69) is 5.32 Å². The third kappa shape index (κ3) is 3.61. The summed E-state index contributed by atoms with van der Waals surface area (Å²) in [5.74, 6) is 0.761. The van der Waals surface area contributed by atoms with Crippen LogP contribution in [0.3, 0.4) is 0 Å². The standard InChI is InChI=1S/C17H17NO3/c19-17-12-21-16(10-18-17)14-6-8-15(9-7-14)20-11-13-4-2-1-3-5-13/h1-9,16H,10-12H2,(H,18,19)/t16-/m0/s1. The third-order valence-electron chi connectivity index (χ3n) is 3.40. The molecule has 1 atom stereocenters. The van der Waals surface area contributed by atoms with Crippen LogP contribution in [0, 0.1) is 0 Å². The van der Waals surface area contributed by atoms with E-state index in [4.69, 9.17) is 9.47 Å². The monoisotopic (exact) mass is 283 g/mol. The first kappa shape index (κ1) is 13.6. The summed E-state index contributed by atoms with van der Waals surface area (Å²) in [6.07, 6.45) is -0.0779. The quantitative estimate of drug-likeness (QED) is 0.937. The summed E-state index contributed by atoms with van der Waals surface area (Å²) in [5, 5.41) is 2.80. The normalized spacial score (nSPS) is 18.1. The first-order chi connectivity index (χ1) is 10.3.